The van der Waals surface area contributed by atoms with E-state index in [4.69, 9.17) is 4.74 Å². The molecule has 0 heterocycles. The van der Waals surface area contributed by atoms with Crippen LogP contribution in [0.15, 0.2) is 54.6 Å². The van der Waals surface area contributed by atoms with Gasteiger partial charge in [-0.2, -0.15) is 0 Å². The molecule has 2 rings (SSSR count). The highest BCUT2D eigenvalue weighted by molar-refractivity contribution is 5.80. The Bertz CT molecular complexity index is 512. The van der Waals surface area contributed by atoms with Gasteiger partial charge in [-0.05, 0) is 35.8 Å². The van der Waals surface area contributed by atoms with Crippen LogP contribution in [-0.2, 0) is 0 Å². The highest BCUT2D eigenvalue weighted by Gasteiger charge is 1.98. The maximum absolute atomic E-state index is 5.23. The molecule has 0 saturated heterocycles. The minimum atomic E-state index is 0.892. The molecule has 0 aliphatic rings. The van der Waals surface area contributed by atoms with Crippen molar-refractivity contribution in [1.29, 1.82) is 0 Å². The summed E-state index contributed by atoms with van der Waals surface area (Å²) in [6.07, 6.45) is 2.18. The number of ether oxygens (including phenoxy) is 1. The lowest BCUT2D eigenvalue weighted by Crippen LogP contribution is -1.85. The molecule has 0 radical (unpaired) electrons. The summed E-state index contributed by atoms with van der Waals surface area (Å²) in [5.74, 6) is 0.892. The predicted octanol–water partition coefficient (Wildman–Crippen LogP) is 4.26. The first-order valence-corrected chi connectivity index (χ1v) is 5.67. The molecule has 1 heteroatoms. The molecule has 0 N–H and O–H groups in total. The summed E-state index contributed by atoms with van der Waals surface area (Å²) in [6, 6.07) is 18.4. The lowest BCUT2D eigenvalue weighted by atomic mass is 10.0. The fourth-order valence-corrected chi connectivity index (χ4v) is 1.75. The van der Waals surface area contributed by atoms with Crippen molar-refractivity contribution in [2.75, 3.05) is 7.11 Å². The van der Waals surface area contributed by atoms with Crippen LogP contribution in [0.4, 0.5) is 0 Å². The first-order valence-electron chi connectivity index (χ1n) is 5.67. The third-order valence-corrected chi connectivity index (χ3v) is 2.71. The van der Waals surface area contributed by atoms with Gasteiger partial charge < -0.3 is 4.74 Å². The van der Waals surface area contributed by atoms with Crippen molar-refractivity contribution < 1.29 is 4.74 Å². The maximum Gasteiger partial charge on any atom is 0.119 e. The van der Waals surface area contributed by atoms with Gasteiger partial charge in [-0.1, -0.05) is 48.5 Å². The summed E-state index contributed by atoms with van der Waals surface area (Å²) >= 11 is 0. The van der Waals surface area contributed by atoms with E-state index in [0.717, 1.165) is 5.75 Å². The Hall–Kier alpha value is -2.02. The Morgan fingerprint density at radius 3 is 2.47 bits per heavy atom. The number of rotatable bonds is 3. The van der Waals surface area contributed by atoms with E-state index in [-0.39, 0.29) is 0 Å². The molecule has 2 aromatic rings. The minimum absolute atomic E-state index is 0.892. The van der Waals surface area contributed by atoms with Gasteiger partial charge in [0.15, 0.2) is 0 Å². The lowest BCUT2D eigenvalue weighted by molar-refractivity contribution is 0.414. The summed E-state index contributed by atoms with van der Waals surface area (Å²) in [4.78, 5) is 0. The van der Waals surface area contributed by atoms with Crippen molar-refractivity contribution in [3.8, 4) is 5.75 Å². The highest BCUT2D eigenvalue weighted by atomic mass is 16.5. The zero-order chi connectivity index (χ0) is 12.1. The van der Waals surface area contributed by atoms with Crippen LogP contribution in [0, 0.1) is 0 Å². The third-order valence-electron chi connectivity index (χ3n) is 2.71. The summed E-state index contributed by atoms with van der Waals surface area (Å²) in [5, 5.41) is 0. The average molecular weight is 224 g/mol. The topological polar surface area (TPSA) is 9.23 Å². The van der Waals surface area contributed by atoms with Crippen LogP contribution in [-0.4, -0.2) is 7.11 Å². The highest BCUT2D eigenvalue weighted by Crippen LogP contribution is 2.21. The van der Waals surface area contributed by atoms with Crippen molar-refractivity contribution in [3.05, 3.63) is 65.7 Å². The molecule has 0 fully saturated rings. The van der Waals surface area contributed by atoms with Crippen molar-refractivity contribution in [2.45, 2.75) is 6.92 Å². The monoisotopic (exact) mass is 224 g/mol. The summed E-state index contributed by atoms with van der Waals surface area (Å²) in [7, 11) is 1.69. The van der Waals surface area contributed by atoms with Gasteiger partial charge in [-0.3, -0.25) is 0 Å². The van der Waals surface area contributed by atoms with Crippen LogP contribution >= 0.6 is 0 Å². The van der Waals surface area contributed by atoms with E-state index in [1.54, 1.807) is 7.11 Å². The van der Waals surface area contributed by atoms with Gasteiger partial charge in [0.1, 0.15) is 5.75 Å². The van der Waals surface area contributed by atoms with Crippen LogP contribution < -0.4 is 4.74 Å². The Balaban J connectivity index is 2.30. The molecule has 0 unspecified atom stereocenters. The number of allylic oxidation sites excluding steroid dienone is 1. The molecular formula is C16H16O. The van der Waals surface area contributed by atoms with Crippen molar-refractivity contribution in [1.82, 2.24) is 0 Å². The largest absolute Gasteiger partial charge is 0.497 e. The molecule has 0 amide bonds. The van der Waals surface area contributed by atoms with Crippen LogP contribution in [0.3, 0.4) is 0 Å². The van der Waals surface area contributed by atoms with Gasteiger partial charge in [0.05, 0.1) is 7.11 Å². The molecule has 2 aromatic carbocycles. The minimum Gasteiger partial charge on any atom is -0.497 e. The van der Waals surface area contributed by atoms with Crippen LogP contribution in [0.2, 0.25) is 0 Å². The van der Waals surface area contributed by atoms with E-state index in [1.807, 2.05) is 30.3 Å². The van der Waals surface area contributed by atoms with Crippen molar-refractivity contribution in [3.63, 3.8) is 0 Å². The Kier molecular flexibility index (Phi) is 3.61. The van der Waals surface area contributed by atoms with Gasteiger partial charge in [0, 0.05) is 0 Å². The maximum atomic E-state index is 5.23. The van der Waals surface area contributed by atoms with Gasteiger partial charge in [-0.25, -0.2) is 0 Å². The second kappa shape index (κ2) is 5.35. The summed E-state index contributed by atoms with van der Waals surface area (Å²) < 4.78 is 5.23. The molecule has 0 saturated carbocycles. The Morgan fingerprint density at radius 1 is 1.00 bits per heavy atom. The molecule has 0 aromatic heterocycles. The van der Waals surface area contributed by atoms with Gasteiger partial charge >= 0.3 is 0 Å². The molecule has 0 aliphatic heterocycles. The molecular weight excluding hydrogens is 208 g/mol. The average Bonchev–Trinajstić information content (AvgIpc) is 2.40. The van der Waals surface area contributed by atoms with Crippen molar-refractivity contribution >= 4 is 11.6 Å². The zero-order valence-electron chi connectivity index (χ0n) is 10.2. The van der Waals surface area contributed by atoms with Crippen LogP contribution in [0.25, 0.3) is 11.6 Å². The first-order chi connectivity index (χ1) is 8.29. The van der Waals surface area contributed by atoms with E-state index < -0.39 is 0 Å². The molecule has 17 heavy (non-hydrogen) atoms. The molecule has 0 bridgehead atoms. The van der Waals surface area contributed by atoms with Crippen LogP contribution in [0.1, 0.15) is 18.1 Å². The van der Waals surface area contributed by atoms with E-state index >= 15 is 0 Å². The summed E-state index contributed by atoms with van der Waals surface area (Å²) in [5.41, 5.74) is 3.64. The second-order valence-electron chi connectivity index (χ2n) is 3.97. The Labute approximate surface area is 102 Å². The number of methoxy groups -OCH3 is 1. The molecule has 0 aliphatic carbocycles. The molecule has 1 nitrogen and oxygen atoms in total. The standard InChI is InChI=1S/C16H16O/c1-13(11-14-7-4-3-5-8-14)15-9-6-10-16(12-15)17-2/h3-12H,1-2H3/b13-11+. The fourth-order valence-electron chi connectivity index (χ4n) is 1.75. The summed E-state index contributed by atoms with van der Waals surface area (Å²) in [6.45, 7) is 2.11. The zero-order valence-corrected chi connectivity index (χ0v) is 10.2. The van der Waals surface area contributed by atoms with Gasteiger partial charge in [0.25, 0.3) is 0 Å². The normalized spacial score (nSPS) is 11.3. The number of hydrogen-bond acceptors (Lipinski definition) is 1. The van der Waals surface area contributed by atoms with E-state index in [9.17, 15) is 0 Å². The lowest BCUT2D eigenvalue weighted by Gasteiger charge is -2.05. The molecule has 86 valence electrons. The first kappa shape index (κ1) is 11.5. The quantitative estimate of drug-likeness (QED) is 0.708. The van der Waals surface area contributed by atoms with E-state index in [1.165, 1.54) is 16.7 Å². The van der Waals surface area contributed by atoms with E-state index in [2.05, 4.69) is 37.3 Å². The molecule has 0 spiro atoms. The van der Waals surface area contributed by atoms with Crippen molar-refractivity contribution in [2.24, 2.45) is 0 Å². The third kappa shape index (κ3) is 2.97. The van der Waals surface area contributed by atoms with E-state index in [0.29, 0.717) is 0 Å². The number of benzene rings is 2. The predicted molar refractivity (Wildman–Crippen MR) is 73.0 cm³/mol. The van der Waals surface area contributed by atoms with Crippen LogP contribution in [0.5, 0.6) is 5.75 Å². The smallest absolute Gasteiger partial charge is 0.119 e. The Morgan fingerprint density at radius 2 is 1.76 bits per heavy atom. The van der Waals surface area contributed by atoms with Gasteiger partial charge in [0.2, 0.25) is 0 Å². The SMILES string of the molecule is COc1cccc(/C(C)=C/c2ccccc2)c1. The second-order valence-corrected chi connectivity index (χ2v) is 3.97. The molecule has 0 atom stereocenters. The fraction of sp³-hybridized carbons (Fsp3) is 0.125. The van der Waals surface area contributed by atoms with Gasteiger partial charge in [-0.15, -0.1) is 0 Å². The number of hydrogen-bond donors (Lipinski definition) is 0.